The molecule has 2 unspecified atom stereocenters. The first-order valence-electron chi connectivity index (χ1n) is 7.22. The number of rotatable bonds is 9. The van der Waals surface area contributed by atoms with Crippen molar-refractivity contribution in [3.8, 4) is 5.75 Å². The average Bonchev–Trinajstić information content (AvgIpc) is 2.35. The quantitative estimate of drug-likeness (QED) is 0.727. The van der Waals surface area contributed by atoms with Gasteiger partial charge in [0.25, 0.3) is 0 Å². The van der Waals surface area contributed by atoms with Gasteiger partial charge in [-0.25, -0.2) is 0 Å². The van der Waals surface area contributed by atoms with E-state index in [1.807, 2.05) is 39.8 Å². The highest BCUT2D eigenvalue weighted by Crippen LogP contribution is 2.16. The van der Waals surface area contributed by atoms with Crippen LogP contribution in [0.2, 0.25) is 0 Å². The van der Waals surface area contributed by atoms with Gasteiger partial charge in [0.05, 0.1) is 6.10 Å². The van der Waals surface area contributed by atoms with Crippen molar-refractivity contribution in [2.45, 2.75) is 39.9 Å². The van der Waals surface area contributed by atoms with Crippen LogP contribution >= 0.6 is 0 Å². The number of benzene rings is 1. The van der Waals surface area contributed by atoms with Crippen molar-refractivity contribution in [2.75, 3.05) is 26.3 Å². The summed E-state index contributed by atoms with van der Waals surface area (Å²) in [5, 5.41) is 13.0. The molecule has 0 spiro atoms. The van der Waals surface area contributed by atoms with Gasteiger partial charge in [-0.15, -0.1) is 0 Å². The lowest BCUT2D eigenvalue weighted by molar-refractivity contribution is 0.0671. The van der Waals surface area contributed by atoms with E-state index < -0.39 is 6.10 Å². The molecule has 4 heteroatoms. The van der Waals surface area contributed by atoms with E-state index in [-0.39, 0.29) is 6.10 Å². The van der Waals surface area contributed by atoms with Crippen LogP contribution in [0.15, 0.2) is 18.2 Å². The van der Waals surface area contributed by atoms with Gasteiger partial charge >= 0.3 is 0 Å². The van der Waals surface area contributed by atoms with E-state index >= 15 is 0 Å². The summed E-state index contributed by atoms with van der Waals surface area (Å²) in [5.74, 6) is 0.809. The van der Waals surface area contributed by atoms with Crippen molar-refractivity contribution in [2.24, 2.45) is 0 Å². The summed E-state index contributed by atoms with van der Waals surface area (Å²) in [6, 6.07) is 6.05. The first-order chi connectivity index (χ1) is 9.51. The van der Waals surface area contributed by atoms with Crippen LogP contribution in [-0.4, -0.2) is 43.6 Å². The molecule has 0 aliphatic heterocycles. The van der Waals surface area contributed by atoms with E-state index in [9.17, 15) is 5.11 Å². The van der Waals surface area contributed by atoms with Crippen LogP contribution in [0, 0.1) is 13.8 Å². The van der Waals surface area contributed by atoms with E-state index in [4.69, 9.17) is 9.47 Å². The monoisotopic (exact) mass is 281 g/mol. The van der Waals surface area contributed by atoms with Gasteiger partial charge in [-0.05, 0) is 51.0 Å². The van der Waals surface area contributed by atoms with Crippen LogP contribution in [0.5, 0.6) is 5.75 Å². The standard InChI is InChI=1S/C16H27NO3/c1-5-19-14(4)9-17-10-15(18)11-20-16-7-12(2)6-13(3)8-16/h6-8,14-15,17-18H,5,9-11H2,1-4H3. The molecule has 1 rings (SSSR count). The van der Waals surface area contributed by atoms with Crippen molar-refractivity contribution in [3.63, 3.8) is 0 Å². The molecule has 0 aliphatic rings. The Bertz CT molecular complexity index is 375. The molecule has 0 saturated carbocycles. The normalized spacial score (nSPS) is 14.1. The Balaban J connectivity index is 2.24. The van der Waals surface area contributed by atoms with Crippen molar-refractivity contribution < 1.29 is 14.6 Å². The van der Waals surface area contributed by atoms with Gasteiger partial charge in [-0.3, -0.25) is 0 Å². The number of aliphatic hydroxyl groups excluding tert-OH is 1. The highest BCUT2D eigenvalue weighted by Gasteiger charge is 2.07. The molecule has 20 heavy (non-hydrogen) atoms. The molecular formula is C16H27NO3. The molecule has 0 radical (unpaired) electrons. The first kappa shape index (κ1) is 17.0. The fourth-order valence-electron chi connectivity index (χ4n) is 2.06. The summed E-state index contributed by atoms with van der Waals surface area (Å²) in [4.78, 5) is 0. The predicted molar refractivity (Wildman–Crippen MR) is 81.4 cm³/mol. The molecule has 0 aliphatic carbocycles. The minimum atomic E-state index is -0.523. The SMILES string of the molecule is CCOC(C)CNCC(O)COc1cc(C)cc(C)c1. The van der Waals surface area contributed by atoms with Gasteiger partial charge in [0, 0.05) is 19.7 Å². The number of ether oxygens (including phenoxy) is 2. The van der Waals surface area contributed by atoms with E-state index in [1.54, 1.807) is 0 Å². The molecule has 1 aromatic carbocycles. The summed E-state index contributed by atoms with van der Waals surface area (Å²) in [6.07, 6.45) is -0.364. The Morgan fingerprint density at radius 2 is 1.80 bits per heavy atom. The highest BCUT2D eigenvalue weighted by molar-refractivity contribution is 5.32. The zero-order chi connectivity index (χ0) is 15.0. The van der Waals surface area contributed by atoms with Crippen LogP contribution in [-0.2, 0) is 4.74 Å². The van der Waals surface area contributed by atoms with E-state index in [0.717, 1.165) is 23.4 Å². The second-order valence-electron chi connectivity index (χ2n) is 5.21. The fraction of sp³-hybridized carbons (Fsp3) is 0.625. The van der Waals surface area contributed by atoms with E-state index in [2.05, 4.69) is 11.4 Å². The van der Waals surface area contributed by atoms with Gasteiger partial charge in [-0.2, -0.15) is 0 Å². The van der Waals surface area contributed by atoms with Crippen LogP contribution < -0.4 is 10.1 Å². The molecule has 2 atom stereocenters. The van der Waals surface area contributed by atoms with E-state index in [0.29, 0.717) is 19.8 Å². The summed E-state index contributed by atoms with van der Waals surface area (Å²) >= 11 is 0. The topological polar surface area (TPSA) is 50.7 Å². The average molecular weight is 281 g/mol. The number of aryl methyl sites for hydroxylation is 2. The maximum absolute atomic E-state index is 9.86. The van der Waals surface area contributed by atoms with Crippen molar-refractivity contribution in [1.29, 1.82) is 0 Å². The van der Waals surface area contributed by atoms with Crippen molar-refractivity contribution in [1.82, 2.24) is 5.32 Å². The lowest BCUT2D eigenvalue weighted by Gasteiger charge is -2.16. The Kier molecular flexibility index (Phi) is 7.59. The van der Waals surface area contributed by atoms with Crippen LogP contribution in [0.1, 0.15) is 25.0 Å². The van der Waals surface area contributed by atoms with E-state index in [1.165, 1.54) is 0 Å². The highest BCUT2D eigenvalue weighted by atomic mass is 16.5. The van der Waals surface area contributed by atoms with Gasteiger partial charge < -0.3 is 19.9 Å². The van der Waals surface area contributed by atoms with Gasteiger partial charge in [-0.1, -0.05) is 6.07 Å². The van der Waals surface area contributed by atoms with Crippen molar-refractivity contribution in [3.05, 3.63) is 29.3 Å². The maximum atomic E-state index is 9.86. The largest absolute Gasteiger partial charge is 0.491 e. The lowest BCUT2D eigenvalue weighted by atomic mass is 10.1. The number of hydrogen-bond acceptors (Lipinski definition) is 4. The Morgan fingerprint density at radius 3 is 2.40 bits per heavy atom. The van der Waals surface area contributed by atoms with Gasteiger partial charge in [0.2, 0.25) is 0 Å². The molecule has 0 heterocycles. The molecule has 0 fully saturated rings. The van der Waals surface area contributed by atoms with Crippen LogP contribution in [0.4, 0.5) is 0 Å². The molecule has 4 nitrogen and oxygen atoms in total. The number of aliphatic hydroxyl groups is 1. The smallest absolute Gasteiger partial charge is 0.119 e. The molecule has 0 bridgehead atoms. The van der Waals surface area contributed by atoms with Crippen LogP contribution in [0.25, 0.3) is 0 Å². The van der Waals surface area contributed by atoms with Gasteiger partial charge in [0.1, 0.15) is 18.5 Å². The Morgan fingerprint density at radius 1 is 1.15 bits per heavy atom. The second-order valence-corrected chi connectivity index (χ2v) is 5.21. The molecule has 0 aromatic heterocycles. The molecular weight excluding hydrogens is 254 g/mol. The van der Waals surface area contributed by atoms with Gasteiger partial charge in [0.15, 0.2) is 0 Å². The molecule has 114 valence electrons. The third-order valence-corrected chi connectivity index (χ3v) is 2.90. The first-order valence-corrected chi connectivity index (χ1v) is 7.22. The minimum absolute atomic E-state index is 0.160. The Labute approximate surface area is 122 Å². The molecule has 2 N–H and O–H groups in total. The predicted octanol–water partition coefficient (Wildman–Crippen LogP) is 2.06. The Hall–Kier alpha value is -1.10. The number of hydrogen-bond donors (Lipinski definition) is 2. The lowest BCUT2D eigenvalue weighted by Crippen LogP contribution is -2.35. The maximum Gasteiger partial charge on any atom is 0.119 e. The summed E-state index contributed by atoms with van der Waals surface area (Å²) < 4.78 is 11.0. The molecule has 1 aromatic rings. The number of nitrogens with one attached hydrogen (secondary N) is 1. The fourth-order valence-corrected chi connectivity index (χ4v) is 2.06. The summed E-state index contributed by atoms with van der Waals surface area (Å²) in [5.41, 5.74) is 2.33. The third-order valence-electron chi connectivity index (χ3n) is 2.90. The second kappa shape index (κ2) is 8.95. The summed E-state index contributed by atoms with van der Waals surface area (Å²) in [6.45, 7) is 10.3. The summed E-state index contributed by atoms with van der Waals surface area (Å²) in [7, 11) is 0. The zero-order valence-corrected chi connectivity index (χ0v) is 13.0. The molecule has 0 saturated heterocycles. The zero-order valence-electron chi connectivity index (χ0n) is 13.0. The third kappa shape index (κ3) is 6.89. The minimum Gasteiger partial charge on any atom is -0.491 e. The molecule has 0 amide bonds. The van der Waals surface area contributed by atoms with Crippen molar-refractivity contribution >= 4 is 0 Å². The van der Waals surface area contributed by atoms with Crippen LogP contribution in [0.3, 0.4) is 0 Å².